The molecule has 2 heterocycles. The van der Waals surface area contributed by atoms with Crippen molar-refractivity contribution in [3.63, 3.8) is 0 Å². The molecule has 0 spiro atoms. The Morgan fingerprint density at radius 1 is 1.36 bits per heavy atom. The van der Waals surface area contributed by atoms with E-state index in [2.05, 4.69) is 0 Å². The number of aliphatic carboxylic acids is 1. The molecular formula is C15H25NO6. The monoisotopic (exact) mass is 315 g/mol. The summed E-state index contributed by atoms with van der Waals surface area (Å²) in [4.78, 5) is 24.9. The zero-order valence-electron chi connectivity index (χ0n) is 13.0. The Balaban J connectivity index is 1.83. The fraction of sp³-hybridized carbons (Fsp3) is 0.867. The highest BCUT2D eigenvalue weighted by Gasteiger charge is 2.32. The minimum atomic E-state index is -0.933. The number of hydrogen-bond acceptors (Lipinski definition) is 5. The van der Waals surface area contributed by atoms with Gasteiger partial charge in [-0.05, 0) is 26.2 Å². The molecule has 2 aliphatic heterocycles. The van der Waals surface area contributed by atoms with Crippen LogP contribution in [0.4, 0.5) is 0 Å². The van der Waals surface area contributed by atoms with Crippen LogP contribution >= 0.6 is 0 Å². The summed E-state index contributed by atoms with van der Waals surface area (Å²) in [6.45, 7) is 3.96. The molecule has 7 nitrogen and oxygen atoms in total. The smallest absolute Gasteiger partial charge is 0.305 e. The van der Waals surface area contributed by atoms with Gasteiger partial charge in [-0.15, -0.1) is 0 Å². The number of nitrogens with zero attached hydrogens (tertiary/aromatic N) is 1. The molecule has 126 valence electrons. The largest absolute Gasteiger partial charge is 0.481 e. The standard InChI is InChI=1S/C15H25NO6/c1-11(22-10-13-4-2-3-6-21-13)15(19)16-5-7-20-9-12(16)8-14(17)18/h11-13H,2-10H2,1H3,(H,17,18). The molecule has 2 fully saturated rings. The van der Waals surface area contributed by atoms with E-state index in [-0.39, 0.29) is 25.0 Å². The highest BCUT2D eigenvalue weighted by molar-refractivity contribution is 5.81. The number of carboxylic acids is 1. The summed E-state index contributed by atoms with van der Waals surface area (Å²) < 4.78 is 16.5. The van der Waals surface area contributed by atoms with E-state index >= 15 is 0 Å². The first-order valence-electron chi connectivity index (χ1n) is 7.91. The van der Waals surface area contributed by atoms with Gasteiger partial charge >= 0.3 is 5.97 Å². The Morgan fingerprint density at radius 3 is 2.86 bits per heavy atom. The van der Waals surface area contributed by atoms with Crippen LogP contribution in [0, 0.1) is 0 Å². The molecule has 7 heteroatoms. The van der Waals surface area contributed by atoms with Crippen molar-refractivity contribution in [3.05, 3.63) is 0 Å². The SMILES string of the molecule is CC(OCC1CCCCO1)C(=O)N1CCOCC1CC(=O)O. The Morgan fingerprint density at radius 2 is 2.18 bits per heavy atom. The predicted octanol–water partition coefficient (Wildman–Crippen LogP) is 0.663. The maximum Gasteiger partial charge on any atom is 0.305 e. The maximum atomic E-state index is 12.5. The van der Waals surface area contributed by atoms with Gasteiger partial charge in [0.2, 0.25) is 0 Å². The third kappa shape index (κ3) is 4.93. The second-order valence-corrected chi connectivity index (χ2v) is 5.82. The highest BCUT2D eigenvalue weighted by atomic mass is 16.5. The van der Waals surface area contributed by atoms with E-state index in [0.29, 0.717) is 19.8 Å². The molecule has 1 amide bonds. The summed E-state index contributed by atoms with van der Waals surface area (Å²) in [5, 5.41) is 8.94. The summed E-state index contributed by atoms with van der Waals surface area (Å²) in [6.07, 6.45) is 2.52. The average molecular weight is 315 g/mol. The van der Waals surface area contributed by atoms with Crippen molar-refractivity contribution >= 4 is 11.9 Å². The molecule has 0 saturated carbocycles. The first-order chi connectivity index (χ1) is 10.6. The van der Waals surface area contributed by atoms with Crippen molar-refractivity contribution in [3.8, 4) is 0 Å². The van der Waals surface area contributed by atoms with E-state index in [1.54, 1.807) is 11.8 Å². The number of amides is 1. The minimum absolute atomic E-state index is 0.0588. The molecule has 0 aliphatic carbocycles. The lowest BCUT2D eigenvalue weighted by atomic mass is 10.1. The van der Waals surface area contributed by atoms with Crippen molar-refractivity contribution in [2.75, 3.05) is 33.0 Å². The summed E-state index contributed by atoms with van der Waals surface area (Å²) in [6, 6.07) is -0.421. The molecule has 2 saturated heterocycles. The Kier molecular flexibility index (Phi) is 6.60. The van der Waals surface area contributed by atoms with Crippen LogP contribution in [0.15, 0.2) is 0 Å². The molecule has 0 aromatic heterocycles. The highest BCUT2D eigenvalue weighted by Crippen LogP contribution is 2.16. The van der Waals surface area contributed by atoms with Crippen molar-refractivity contribution in [1.82, 2.24) is 4.90 Å². The zero-order chi connectivity index (χ0) is 15.9. The zero-order valence-corrected chi connectivity index (χ0v) is 13.0. The molecule has 2 rings (SSSR count). The van der Waals surface area contributed by atoms with E-state index in [0.717, 1.165) is 25.9 Å². The molecule has 3 unspecified atom stereocenters. The van der Waals surface area contributed by atoms with Gasteiger partial charge in [0.25, 0.3) is 5.91 Å². The fourth-order valence-corrected chi connectivity index (χ4v) is 2.81. The molecule has 0 bridgehead atoms. The average Bonchev–Trinajstić information content (AvgIpc) is 2.53. The lowest BCUT2D eigenvalue weighted by Gasteiger charge is -2.36. The van der Waals surface area contributed by atoms with Gasteiger partial charge in [0.05, 0.1) is 38.4 Å². The number of rotatable bonds is 6. The number of carbonyl (C=O) groups excluding carboxylic acids is 1. The maximum absolute atomic E-state index is 12.5. The fourth-order valence-electron chi connectivity index (χ4n) is 2.81. The van der Waals surface area contributed by atoms with E-state index in [1.165, 1.54) is 0 Å². The lowest BCUT2D eigenvalue weighted by Crippen LogP contribution is -2.53. The molecule has 0 aromatic rings. The van der Waals surface area contributed by atoms with Gasteiger partial charge in [-0.3, -0.25) is 9.59 Å². The summed E-state index contributed by atoms with van der Waals surface area (Å²) in [5.41, 5.74) is 0. The van der Waals surface area contributed by atoms with E-state index < -0.39 is 18.1 Å². The number of hydrogen-bond donors (Lipinski definition) is 1. The molecule has 0 radical (unpaired) electrons. The van der Waals surface area contributed by atoms with Gasteiger partial charge < -0.3 is 24.2 Å². The first kappa shape index (κ1) is 17.2. The Hall–Kier alpha value is -1.18. The third-order valence-electron chi connectivity index (χ3n) is 4.07. The number of carbonyl (C=O) groups is 2. The molecule has 1 N–H and O–H groups in total. The Bertz CT molecular complexity index is 382. The van der Waals surface area contributed by atoms with Crippen LogP contribution in [-0.4, -0.2) is 73.1 Å². The molecule has 2 aliphatic rings. The topological polar surface area (TPSA) is 85.3 Å². The second-order valence-electron chi connectivity index (χ2n) is 5.82. The minimum Gasteiger partial charge on any atom is -0.481 e. The third-order valence-corrected chi connectivity index (χ3v) is 4.07. The predicted molar refractivity (Wildman–Crippen MR) is 77.6 cm³/mol. The van der Waals surface area contributed by atoms with Crippen LogP contribution in [-0.2, 0) is 23.8 Å². The van der Waals surface area contributed by atoms with E-state index in [1.807, 2.05) is 0 Å². The van der Waals surface area contributed by atoms with Crippen molar-refractivity contribution in [2.24, 2.45) is 0 Å². The van der Waals surface area contributed by atoms with E-state index in [9.17, 15) is 9.59 Å². The van der Waals surface area contributed by atoms with Crippen LogP contribution in [0.2, 0.25) is 0 Å². The van der Waals surface area contributed by atoms with Crippen molar-refractivity contribution in [2.45, 2.75) is 50.9 Å². The van der Waals surface area contributed by atoms with Crippen LogP contribution in [0.3, 0.4) is 0 Å². The van der Waals surface area contributed by atoms with Gasteiger partial charge in [0.1, 0.15) is 6.10 Å². The van der Waals surface area contributed by atoms with Crippen molar-refractivity contribution in [1.29, 1.82) is 0 Å². The van der Waals surface area contributed by atoms with Crippen LogP contribution < -0.4 is 0 Å². The van der Waals surface area contributed by atoms with Crippen LogP contribution in [0.25, 0.3) is 0 Å². The number of carboxylic acid groups (broad SMARTS) is 1. The number of ether oxygens (including phenoxy) is 3. The molecule has 0 aromatic carbocycles. The summed E-state index contributed by atoms with van der Waals surface area (Å²) >= 11 is 0. The number of morpholine rings is 1. The summed E-state index contributed by atoms with van der Waals surface area (Å²) in [7, 11) is 0. The summed E-state index contributed by atoms with van der Waals surface area (Å²) in [5.74, 6) is -1.11. The normalized spacial score (nSPS) is 27.4. The van der Waals surface area contributed by atoms with Gasteiger partial charge in [-0.1, -0.05) is 0 Å². The van der Waals surface area contributed by atoms with Gasteiger partial charge in [-0.2, -0.15) is 0 Å². The van der Waals surface area contributed by atoms with E-state index in [4.69, 9.17) is 19.3 Å². The van der Waals surface area contributed by atoms with Gasteiger partial charge in [-0.25, -0.2) is 0 Å². The van der Waals surface area contributed by atoms with Crippen LogP contribution in [0.1, 0.15) is 32.6 Å². The lowest BCUT2D eigenvalue weighted by molar-refractivity contribution is -0.156. The quantitative estimate of drug-likeness (QED) is 0.775. The second kappa shape index (κ2) is 8.45. The van der Waals surface area contributed by atoms with Gasteiger partial charge in [0, 0.05) is 13.2 Å². The van der Waals surface area contributed by atoms with Crippen LogP contribution in [0.5, 0.6) is 0 Å². The molecule has 22 heavy (non-hydrogen) atoms. The van der Waals surface area contributed by atoms with Crippen molar-refractivity contribution < 1.29 is 28.9 Å². The first-order valence-corrected chi connectivity index (χ1v) is 7.91. The molecule has 3 atom stereocenters. The molecular weight excluding hydrogens is 290 g/mol. The Labute approximate surface area is 130 Å². The van der Waals surface area contributed by atoms with Gasteiger partial charge in [0.15, 0.2) is 0 Å².